The Morgan fingerprint density at radius 1 is 1.14 bits per heavy atom. The molecule has 0 heterocycles. The first-order valence-electron chi connectivity index (χ1n) is 7.69. The quantitative estimate of drug-likeness (QED) is 0.547. The molecule has 0 fully saturated rings. The Labute approximate surface area is 127 Å². The highest BCUT2D eigenvalue weighted by molar-refractivity contribution is 5.74. The smallest absolute Gasteiger partial charge is 0.315 e. The maximum Gasteiger partial charge on any atom is 0.315 e. The zero-order valence-corrected chi connectivity index (χ0v) is 13.6. The van der Waals surface area contributed by atoms with Crippen molar-refractivity contribution in [2.24, 2.45) is 5.92 Å². The molecule has 0 spiro atoms. The highest BCUT2D eigenvalue weighted by atomic mass is 16.5. The van der Waals surface area contributed by atoms with Crippen LogP contribution >= 0.6 is 0 Å². The molecule has 0 aliphatic rings. The van der Waals surface area contributed by atoms with Gasteiger partial charge in [-0.2, -0.15) is 0 Å². The summed E-state index contributed by atoms with van der Waals surface area (Å²) >= 11 is 0. The van der Waals surface area contributed by atoms with Crippen molar-refractivity contribution >= 4 is 12.0 Å². The molecule has 3 unspecified atom stereocenters. The van der Waals surface area contributed by atoms with Gasteiger partial charge in [0.15, 0.2) is 0 Å². The summed E-state index contributed by atoms with van der Waals surface area (Å²) in [7, 11) is 1.62. The van der Waals surface area contributed by atoms with E-state index in [9.17, 15) is 9.59 Å². The molecule has 3 atom stereocenters. The van der Waals surface area contributed by atoms with E-state index in [2.05, 4.69) is 17.6 Å². The van der Waals surface area contributed by atoms with Gasteiger partial charge in [0.2, 0.25) is 0 Å². The van der Waals surface area contributed by atoms with Crippen molar-refractivity contribution in [3.05, 3.63) is 0 Å². The van der Waals surface area contributed by atoms with Crippen LogP contribution in [0.1, 0.15) is 52.9 Å². The van der Waals surface area contributed by atoms with E-state index in [-0.39, 0.29) is 24.0 Å². The standard InChI is InChI=1S/C15H30N2O4/c1-5-7-13(10-21-4)17-15(20)16-12(3)9-6-8-11(2)14(18)19/h11-13H,5-10H2,1-4H3,(H,18,19)(H2,16,17,20). The lowest BCUT2D eigenvalue weighted by Gasteiger charge is -2.20. The second kappa shape index (κ2) is 11.4. The third-order valence-electron chi connectivity index (χ3n) is 3.41. The average molecular weight is 302 g/mol. The predicted octanol–water partition coefficient (Wildman–Crippen LogP) is 2.38. The number of urea groups is 1. The van der Waals surface area contributed by atoms with Crippen molar-refractivity contribution in [1.29, 1.82) is 0 Å². The lowest BCUT2D eigenvalue weighted by molar-refractivity contribution is -0.141. The molecule has 0 aromatic heterocycles. The molecule has 0 aromatic carbocycles. The Balaban J connectivity index is 3.94. The lowest BCUT2D eigenvalue weighted by atomic mass is 10.0. The monoisotopic (exact) mass is 302 g/mol. The van der Waals surface area contributed by atoms with E-state index in [0.29, 0.717) is 13.0 Å². The van der Waals surface area contributed by atoms with Gasteiger partial charge >= 0.3 is 12.0 Å². The van der Waals surface area contributed by atoms with Crippen molar-refractivity contribution in [2.45, 2.75) is 65.0 Å². The van der Waals surface area contributed by atoms with Gasteiger partial charge in [-0.05, 0) is 26.2 Å². The van der Waals surface area contributed by atoms with Gasteiger partial charge in [0.05, 0.1) is 18.6 Å². The first kappa shape index (κ1) is 19.7. The van der Waals surface area contributed by atoms with Crippen molar-refractivity contribution in [3.8, 4) is 0 Å². The fraction of sp³-hybridized carbons (Fsp3) is 0.867. The van der Waals surface area contributed by atoms with Crippen LogP contribution in [0.2, 0.25) is 0 Å². The third kappa shape index (κ3) is 10.1. The number of methoxy groups -OCH3 is 1. The summed E-state index contributed by atoms with van der Waals surface area (Å²) in [5, 5.41) is 14.6. The molecule has 0 aliphatic carbocycles. The molecule has 0 aromatic rings. The van der Waals surface area contributed by atoms with Crippen LogP contribution in [0.3, 0.4) is 0 Å². The van der Waals surface area contributed by atoms with Crippen LogP contribution in [-0.4, -0.2) is 42.9 Å². The Morgan fingerprint density at radius 3 is 2.33 bits per heavy atom. The van der Waals surface area contributed by atoms with E-state index in [1.54, 1.807) is 14.0 Å². The Bertz CT molecular complexity index is 304. The van der Waals surface area contributed by atoms with Gasteiger partial charge in [0.25, 0.3) is 0 Å². The minimum absolute atomic E-state index is 0.0239. The molecule has 0 rings (SSSR count). The van der Waals surface area contributed by atoms with Gasteiger partial charge < -0.3 is 20.5 Å². The average Bonchev–Trinajstić information content (AvgIpc) is 2.38. The molecule has 6 nitrogen and oxygen atoms in total. The van der Waals surface area contributed by atoms with Crippen LogP contribution in [0, 0.1) is 5.92 Å². The van der Waals surface area contributed by atoms with Gasteiger partial charge in [-0.15, -0.1) is 0 Å². The fourth-order valence-corrected chi connectivity index (χ4v) is 2.12. The number of hydrogen-bond acceptors (Lipinski definition) is 3. The summed E-state index contributed by atoms with van der Waals surface area (Å²) in [6.45, 7) is 6.20. The van der Waals surface area contributed by atoms with E-state index in [1.807, 2.05) is 6.92 Å². The summed E-state index contributed by atoms with van der Waals surface area (Å²) in [4.78, 5) is 22.6. The van der Waals surface area contributed by atoms with E-state index < -0.39 is 5.97 Å². The van der Waals surface area contributed by atoms with Gasteiger partial charge in [0, 0.05) is 13.2 Å². The number of carboxylic acids is 1. The topological polar surface area (TPSA) is 87.7 Å². The zero-order chi connectivity index (χ0) is 16.3. The number of carbonyl (C=O) groups is 2. The number of nitrogens with one attached hydrogen (secondary N) is 2. The summed E-state index contributed by atoms with van der Waals surface area (Å²) < 4.78 is 5.08. The SMILES string of the molecule is CCCC(COC)NC(=O)NC(C)CCCC(C)C(=O)O. The number of rotatable bonds is 11. The molecule has 0 saturated carbocycles. The maximum atomic E-state index is 11.8. The molecule has 21 heavy (non-hydrogen) atoms. The predicted molar refractivity (Wildman–Crippen MR) is 82.4 cm³/mol. The second-order valence-corrected chi connectivity index (χ2v) is 5.63. The van der Waals surface area contributed by atoms with Crippen molar-refractivity contribution in [2.75, 3.05) is 13.7 Å². The summed E-state index contributed by atoms with van der Waals surface area (Å²) in [6, 6.07) is -0.140. The first-order valence-corrected chi connectivity index (χ1v) is 7.69. The van der Waals surface area contributed by atoms with Crippen LogP contribution in [0.25, 0.3) is 0 Å². The number of carboxylic acid groups (broad SMARTS) is 1. The molecule has 124 valence electrons. The van der Waals surface area contributed by atoms with Crippen molar-refractivity contribution < 1.29 is 19.4 Å². The number of carbonyl (C=O) groups excluding carboxylic acids is 1. The Hall–Kier alpha value is -1.30. The van der Waals surface area contributed by atoms with Crippen LogP contribution < -0.4 is 10.6 Å². The molecular weight excluding hydrogens is 272 g/mol. The van der Waals surface area contributed by atoms with E-state index in [4.69, 9.17) is 9.84 Å². The minimum Gasteiger partial charge on any atom is -0.481 e. The third-order valence-corrected chi connectivity index (χ3v) is 3.41. The highest BCUT2D eigenvalue weighted by Gasteiger charge is 2.14. The van der Waals surface area contributed by atoms with Gasteiger partial charge in [-0.3, -0.25) is 4.79 Å². The molecule has 0 saturated heterocycles. The number of aliphatic carboxylic acids is 1. The number of ether oxygens (including phenoxy) is 1. The second-order valence-electron chi connectivity index (χ2n) is 5.63. The molecule has 0 radical (unpaired) electrons. The van der Waals surface area contributed by atoms with E-state index in [0.717, 1.165) is 25.7 Å². The number of amides is 2. The van der Waals surface area contributed by atoms with E-state index in [1.165, 1.54) is 0 Å². The van der Waals surface area contributed by atoms with Crippen molar-refractivity contribution in [3.63, 3.8) is 0 Å². The molecule has 0 aliphatic heterocycles. The normalized spacial score (nSPS) is 15.0. The molecular formula is C15H30N2O4. The Kier molecular flexibility index (Phi) is 10.7. The molecule has 3 N–H and O–H groups in total. The largest absolute Gasteiger partial charge is 0.481 e. The van der Waals surface area contributed by atoms with Gasteiger partial charge in [-0.1, -0.05) is 26.7 Å². The van der Waals surface area contributed by atoms with Crippen LogP contribution in [0.15, 0.2) is 0 Å². The fourth-order valence-electron chi connectivity index (χ4n) is 2.12. The molecule has 2 amide bonds. The van der Waals surface area contributed by atoms with Crippen molar-refractivity contribution in [1.82, 2.24) is 10.6 Å². The zero-order valence-electron chi connectivity index (χ0n) is 13.6. The first-order chi connectivity index (χ1) is 9.90. The maximum absolute atomic E-state index is 11.8. The lowest BCUT2D eigenvalue weighted by Crippen LogP contribution is -2.46. The van der Waals surface area contributed by atoms with Gasteiger partial charge in [-0.25, -0.2) is 4.79 Å². The van der Waals surface area contributed by atoms with E-state index >= 15 is 0 Å². The molecule has 6 heteroatoms. The van der Waals surface area contributed by atoms with Gasteiger partial charge in [0.1, 0.15) is 0 Å². The Morgan fingerprint density at radius 2 is 1.81 bits per heavy atom. The minimum atomic E-state index is -0.768. The molecule has 0 bridgehead atoms. The number of hydrogen-bond donors (Lipinski definition) is 3. The summed E-state index contributed by atoms with van der Waals surface area (Å²) in [6.07, 6.45) is 4.05. The van der Waals surface area contributed by atoms with Crippen LogP contribution in [-0.2, 0) is 9.53 Å². The highest BCUT2D eigenvalue weighted by Crippen LogP contribution is 2.09. The van der Waals surface area contributed by atoms with Crippen LogP contribution in [0.4, 0.5) is 4.79 Å². The van der Waals surface area contributed by atoms with Crippen LogP contribution in [0.5, 0.6) is 0 Å². The summed E-state index contributed by atoms with van der Waals surface area (Å²) in [5.74, 6) is -1.10. The summed E-state index contributed by atoms with van der Waals surface area (Å²) in [5.41, 5.74) is 0.